The van der Waals surface area contributed by atoms with Gasteiger partial charge in [0, 0.05) is 5.69 Å². The maximum atomic E-state index is 13.5. The highest BCUT2D eigenvalue weighted by molar-refractivity contribution is 7.92. The number of carbonyl (C=O) groups is 1. The van der Waals surface area contributed by atoms with Crippen molar-refractivity contribution < 1.29 is 26.4 Å². The second-order valence-electron chi connectivity index (χ2n) is 7.85. The SMILES string of the molecule is Cc1ccc(S(=O)(=O)N(CC(=O)Nc2ccc(C)cc2C)c2ccc(Cl)c(C(F)(F)F)c2)cc1. The zero-order chi connectivity index (χ0) is 25.3. The number of anilines is 2. The molecule has 1 amide bonds. The van der Waals surface area contributed by atoms with E-state index in [1.807, 2.05) is 13.0 Å². The molecule has 0 unspecified atom stereocenters. The van der Waals surface area contributed by atoms with Crippen LogP contribution in [-0.4, -0.2) is 20.9 Å². The molecule has 0 saturated heterocycles. The summed E-state index contributed by atoms with van der Waals surface area (Å²) in [6.07, 6.45) is -4.81. The van der Waals surface area contributed by atoms with Gasteiger partial charge in [-0.1, -0.05) is 47.0 Å². The maximum Gasteiger partial charge on any atom is 0.417 e. The molecule has 0 aliphatic carbocycles. The van der Waals surface area contributed by atoms with Crippen molar-refractivity contribution in [1.29, 1.82) is 0 Å². The molecule has 3 rings (SSSR count). The largest absolute Gasteiger partial charge is 0.417 e. The summed E-state index contributed by atoms with van der Waals surface area (Å²) in [7, 11) is -4.39. The lowest BCUT2D eigenvalue weighted by atomic mass is 10.1. The van der Waals surface area contributed by atoms with E-state index in [4.69, 9.17) is 11.6 Å². The number of nitrogens with zero attached hydrogens (tertiary/aromatic N) is 1. The van der Waals surface area contributed by atoms with Crippen molar-refractivity contribution >= 4 is 38.9 Å². The number of hydrogen-bond acceptors (Lipinski definition) is 3. The molecule has 0 aliphatic heterocycles. The zero-order valence-corrected chi connectivity index (χ0v) is 20.1. The van der Waals surface area contributed by atoms with E-state index in [9.17, 15) is 26.4 Å². The first-order valence-electron chi connectivity index (χ1n) is 10.1. The van der Waals surface area contributed by atoms with Gasteiger partial charge in [-0.25, -0.2) is 8.42 Å². The minimum atomic E-state index is -4.81. The second kappa shape index (κ2) is 9.68. The highest BCUT2D eigenvalue weighted by Gasteiger charge is 2.35. The van der Waals surface area contributed by atoms with Crippen molar-refractivity contribution in [2.75, 3.05) is 16.2 Å². The van der Waals surface area contributed by atoms with Crippen LogP contribution < -0.4 is 9.62 Å². The second-order valence-corrected chi connectivity index (χ2v) is 10.1. The highest BCUT2D eigenvalue weighted by atomic mass is 35.5. The molecule has 34 heavy (non-hydrogen) atoms. The van der Waals surface area contributed by atoms with Crippen LogP contribution in [0.3, 0.4) is 0 Å². The van der Waals surface area contributed by atoms with Crippen molar-refractivity contribution in [3.05, 3.63) is 87.9 Å². The van der Waals surface area contributed by atoms with Gasteiger partial charge in [-0.3, -0.25) is 9.10 Å². The number of nitrogens with one attached hydrogen (secondary N) is 1. The number of amides is 1. The minimum Gasteiger partial charge on any atom is -0.324 e. The predicted molar refractivity (Wildman–Crippen MR) is 127 cm³/mol. The molecular formula is C24H22ClF3N2O3S. The molecule has 0 aliphatic rings. The first kappa shape index (κ1) is 25.6. The van der Waals surface area contributed by atoms with E-state index in [2.05, 4.69) is 5.32 Å². The molecule has 0 spiro atoms. The van der Waals surface area contributed by atoms with Crippen LogP contribution in [0.4, 0.5) is 24.5 Å². The smallest absolute Gasteiger partial charge is 0.324 e. The number of benzene rings is 3. The van der Waals surface area contributed by atoms with Crippen LogP contribution in [0.15, 0.2) is 65.6 Å². The third-order valence-corrected chi connectivity index (χ3v) is 7.21. The van der Waals surface area contributed by atoms with Gasteiger partial charge in [0.25, 0.3) is 10.0 Å². The van der Waals surface area contributed by atoms with E-state index < -0.39 is 39.2 Å². The van der Waals surface area contributed by atoms with Crippen LogP contribution in [-0.2, 0) is 21.0 Å². The third kappa shape index (κ3) is 5.71. The summed E-state index contributed by atoms with van der Waals surface area (Å²) in [6, 6.07) is 13.8. The molecule has 0 bridgehead atoms. The first-order chi connectivity index (χ1) is 15.8. The Bertz CT molecular complexity index is 1320. The Morgan fingerprint density at radius 3 is 2.15 bits per heavy atom. The predicted octanol–water partition coefficient (Wildman–Crippen LogP) is 6.12. The lowest BCUT2D eigenvalue weighted by Crippen LogP contribution is -2.38. The minimum absolute atomic E-state index is 0.166. The fourth-order valence-electron chi connectivity index (χ4n) is 3.31. The van der Waals surface area contributed by atoms with Crippen molar-refractivity contribution in [1.82, 2.24) is 0 Å². The molecule has 1 N–H and O–H groups in total. The molecule has 10 heteroatoms. The van der Waals surface area contributed by atoms with Crippen LogP contribution in [0.5, 0.6) is 0 Å². The van der Waals surface area contributed by atoms with Gasteiger partial charge < -0.3 is 5.32 Å². The molecule has 0 atom stereocenters. The Hall–Kier alpha value is -3.04. The Labute approximate surface area is 201 Å². The molecule has 0 heterocycles. The Morgan fingerprint density at radius 1 is 0.941 bits per heavy atom. The van der Waals surface area contributed by atoms with Gasteiger partial charge in [0.15, 0.2) is 0 Å². The van der Waals surface area contributed by atoms with E-state index in [0.717, 1.165) is 28.8 Å². The van der Waals surface area contributed by atoms with Crippen LogP contribution in [0.1, 0.15) is 22.3 Å². The standard InChI is InChI=1S/C24H22ClF3N2O3S/c1-15-4-8-19(9-5-15)34(32,33)30(18-7-10-21(25)20(13-18)24(26,27)28)14-23(31)29-22-11-6-16(2)12-17(22)3/h4-13H,14H2,1-3H3,(H,29,31). The lowest BCUT2D eigenvalue weighted by Gasteiger charge is -2.25. The van der Waals surface area contributed by atoms with E-state index in [1.165, 1.54) is 12.1 Å². The maximum absolute atomic E-state index is 13.5. The van der Waals surface area contributed by atoms with Crippen molar-refractivity contribution in [2.45, 2.75) is 31.8 Å². The van der Waals surface area contributed by atoms with Gasteiger partial charge in [-0.15, -0.1) is 0 Å². The number of hydrogen-bond donors (Lipinski definition) is 1. The molecule has 0 aromatic heterocycles. The van der Waals surface area contributed by atoms with Gasteiger partial charge in [-0.2, -0.15) is 13.2 Å². The molecule has 0 fully saturated rings. The van der Waals surface area contributed by atoms with Gasteiger partial charge in [0.2, 0.25) is 5.91 Å². The van der Waals surface area contributed by atoms with E-state index in [0.29, 0.717) is 16.1 Å². The number of halogens is 4. The van der Waals surface area contributed by atoms with Crippen LogP contribution in [0, 0.1) is 20.8 Å². The lowest BCUT2D eigenvalue weighted by molar-refractivity contribution is -0.137. The van der Waals surface area contributed by atoms with Crippen molar-refractivity contribution in [2.24, 2.45) is 0 Å². The average molecular weight is 511 g/mol. The third-order valence-electron chi connectivity index (χ3n) is 5.10. The van der Waals surface area contributed by atoms with Gasteiger partial charge >= 0.3 is 6.18 Å². The van der Waals surface area contributed by atoms with Crippen LogP contribution in [0.25, 0.3) is 0 Å². The van der Waals surface area contributed by atoms with E-state index in [1.54, 1.807) is 38.1 Å². The van der Waals surface area contributed by atoms with Crippen molar-refractivity contribution in [3.63, 3.8) is 0 Å². The quantitative estimate of drug-likeness (QED) is 0.434. The normalized spacial score (nSPS) is 11.9. The first-order valence-corrected chi connectivity index (χ1v) is 11.9. The molecule has 5 nitrogen and oxygen atoms in total. The molecular weight excluding hydrogens is 489 g/mol. The number of rotatable bonds is 6. The summed E-state index contributed by atoms with van der Waals surface area (Å²) in [6.45, 7) is 4.67. The zero-order valence-electron chi connectivity index (χ0n) is 18.6. The Kier molecular flexibility index (Phi) is 7.28. The molecule has 3 aromatic rings. The number of sulfonamides is 1. The van der Waals surface area contributed by atoms with Gasteiger partial charge in [-0.05, 0) is 62.7 Å². The summed E-state index contributed by atoms with van der Waals surface area (Å²) in [5.41, 5.74) is 1.45. The average Bonchev–Trinajstić information content (AvgIpc) is 2.74. The van der Waals surface area contributed by atoms with Crippen LogP contribution in [0.2, 0.25) is 5.02 Å². The topological polar surface area (TPSA) is 66.5 Å². The van der Waals surface area contributed by atoms with E-state index >= 15 is 0 Å². The molecule has 0 saturated carbocycles. The number of alkyl halides is 3. The summed E-state index contributed by atoms with van der Waals surface area (Å²) in [4.78, 5) is 12.7. The fraction of sp³-hybridized carbons (Fsp3) is 0.208. The summed E-state index contributed by atoms with van der Waals surface area (Å²) >= 11 is 5.71. The number of carbonyl (C=O) groups excluding carboxylic acids is 1. The summed E-state index contributed by atoms with van der Waals surface area (Å²) < 4.78 is 67.8. The Morgan fingerprint density at radius 2 is 1.56 bits per heavy atom. The fourth-order valence-corrected chi connectivity index (χ4v) is 4.95. The monoisotopic (exact) mass is 510 g/mol. The van der Waals surface area contributed by atoms with Gasteiger partial charge in [0.05, 0.1) is 21.2 Å². The number of aryl methyl sites for hydroxylation is 3. The summed E-state index contributed by atoms with van der Waals surface area (Å²) in [5, 5.41) is 2.05. The molecule has 3 aromatic carbocycles. The summed E-state index contributed by atoms with van der Waals surface area (Å²) in [5.74, 6) is -0.717. The van der Waals surface area contributed by atoms with Gasteiger partial charge in [0.1, 0.15) is 6.54 Å². The highest BCUT2D eigenvalue weighted by Crippen LogP contribution is 2.38. The molecule has 180 valence electrons. The van der Waals surface area contributed by atoms with E-state index in [-0.39, 0.29) is 10.6 Å². The molecule has 0 radical (unpaired) electrons. The Balaban J connectivity index is 2.05. The van der Waals surface area contributed by atoms with Crippen molar-refractivity contribution in [3.8, 4) is 0 Å². The van der Waals surface area contributed by atoms with Crippen LogP contribution >= 0.6 is 11.6 Å².